The minimum Gasteiger partial charge on any atom is -0.395 e. The summed E-state index contributed by atoms with van der Waals surface area (Å²) in [7, 11) is 0. The molecule has 5 nitrogen and oxygen atoms in total. The molecule has 0 radical (unpaired) electrons. The molecule has 4 atom stereocenters. The molecule has 1 heterocycles. The highest BCUT2D eigenvalue weighted by atomic mass is 16.3. The molecule has 1 aromatic carbocycles. The normalized spacial score (nSPS) is 33.4. The Morgan fingerprint density at radius 1 is 1.05 bits per heavy atom. The number of amides is 2. The summed E-state index contributed by atoms with van der Waals surface area (Å²) in [5, 5.41) is 9.06. The van der Waals surface area contributed by atoms with E-state index in [0.29, 0.717) is 6.42 Å². The fourth-order valence-corrected chi connectivity index (χ4v) is 4.34. The molecule has 1 aromatic rings. The molecule has 0 spiro atoms. The second kappa shape index (κ2) is 4.24. The summed E-state index contributed by atoms with van der Waals surface area (Å²) >= 11 is 0. The zero-order valence-electron chi connectivity index (χ0n) is 11.4. The lowest BCUT2D eigenvalue weighted by atomic mass is 9.56. The molecular formula is C16H15NO4. The first-order valence-corrected chi connectivity index (χ1v) is 7.22. The van der Waals surface area contributed by atoms with Crippen molar-refractivity contribution in [3.63, 3.8) is 0 Å². The van der Waals surface area contributed by atoms with Crippen molar-refractivity contribution in [2.45, 2.75) is 18.3 Å². The third-order valence-corrected chi connectivity index (χ3v) is 5.10. The van der Waals surface area contributed by atoms with Gasteiger partial charge in [0.25, 0.3) is 0 Å². The summed E-state index contributed by atoms with van der Waals surface area (Å²) in [5.41, 5.74) is 1.95. The highest BCUT2D eigenvalue weighted by Gasteiger charge is 2.62. The second-order valence-electron chi connectivity index (χ2n) is 5.99. The molecule has 21 heavy (non-hydrogen) atoms. The molecule has 2 amide bonds. The molecule has 1 N–H and O–H groups in total. The number of hydrogen-bond donors (Lipinski definition) is 1. The minimum absolute atomic E-state index is 0.0225. The molecule has 2 bridgehead atoms. The highest BCUT2D eigenvalue weighted by Crippen LogP contribution is 2.57. The quantitative estimate of drug-likeness (QED) is 0.800. The molecule has 5 heteroatoms. The summed E-state index contributed by atoms with van der Waals surface area (Å²) < 4.78 is 0. The second-order valence-corrected chi connectivity index (χ2v) is 5.99. The zero-order chi connectivity index (χ0) is 14.7. The average Bonchev–Trinajstić information content (AvgIpc) is 2.74. The number of Topliss-reactive ketones (excluding diaryl/α,β-unsaturated/α-hetero) is 1. The van der Waals surface area contributed by atoms with Gasteiger partial charge >= 0.3 is 0 Å². The number of fused-ring (bicyclic) bond motifs is 1. The van der Waals surface area contributed by atoms with Crippen molar-refractivity contribution < 1.29 is 19.5 Å². The van der Waals surface area contributed by atoms with Crippen LogP contribution in [-0.4, -0.2) is 40.8 Å². The van der Waals surface area contributed by atoms with Crippen LogP contribution in [0.25, 0.3) is 0 Å². The van der Waals surface area contributed by atoms with Crippen LogP contribution in [-0.2, 0) is 14.4 Å². The molecule has 1 saturated heterocycles. The van der Waals surface area contributed by atoms with E-state index in [9.17, 15) is 14.4 Å². The van der Waals surface area contributed by atoms with Crippen LogP contribution >= 0.6 is 0 Å². The number of likely N-dealkylation sites (tertiary alicyclic amines) is 1. The standard InChI is InChI=1S/C16H15NO4/c18-6-5-17-15(20)13-10-7-11(19)12(14(13)16(17)21)9-4-2-1-3-8(9)10/h1-4,10,12-14,18H,5-7H2/t10-,12+,13+,14-/m1/s1. The Balaban J connectivity index is 1.87. The van der Waals surface area contributed by atoms with Gasteiger partial charge in [-0.1, -0.05) is 24.3 Å². The third kappa shape index (κ3) is 1.47. The lowest BCUT2D eigenvalue weighted by Gasteiger charge is -2.43. The van der Waals surface area contributed by atoms with Gasteiger partial charge in [-0.25, -0.2) is 0 Å². The summed E-state index contributed by atoms with van der Waals surface area (Å²) in [5.74, 6) is -2.13. The number of carbonyl (C=O) groups excluding carboxylic acids is 3. The Labute approximate surface area is 121 Å². The van der Waals surface area contributed by atoms with Crippen molar-refractivity contribution in [2.75, 3.05) is 13.2 Å². The average molecular weight is 285 g/mol. The first kappa shape index (κ1) is 12.7. The van der Waals surface area contributed by atoms with Gasteiger partial charge in [-0.3, -0.25) is 19.3 Å². The molecule has 4 aliphatic rings. The largest absolute Gasteiger partial charge is 0.395 e. The first-order valence-electron chi connectivity index (χ1n) is 7.22. The van der Waals surface area contributed by atoms with Gasteiger partial charge in [0.05, 0.1) is 30.9 Å². The lowest BCUT2D eigenvalue weighted by Crippen LogP contribution is -2.44. The number of benzene rings is 1. The minimum atomic E-state index is -0.565. The fourth-order valence-electron chi connectivity index (χ4n) is 4.34. The van der Waals surface area contributed by atoms with Crippen LogP contribution in [0.15, 0.2) is 24.3 Å². The van der Waals surface area contributed by atoms with E-state index < -0.39 is 17.8 Å². The molecule has 1 aliphatic heterocycles. The Kier molecular flexibility index (Phi) is 2.57. The predicted octanol–water partition coefficient (Wildman–Crippen LogP) is 0.434. The van der Waals surface area contributed by atoms with E-state index >= 15 is 0 Å². The number of aliphatic hydroxyl groups is 1. The van der Waals surface area contributed by atoms with Gasteiger partial charge in [0.15, 0.2) is 0 Å². The molecule has 108 valence electrons. The van der Waals surface area contributed by atoms with Crippen LogP contribution in [0.4, 0.5) is 0 Å². The summed E-state index contributed by atoms with van der Waals surface area (Å²) in [4.78, 5) is 38.5. The summed E-state index contributed by atoms with van der Waals surface area (Å²) in [6.07, 6.45) is 0.342. The summed E-state index contributed by atoms with van der Waals surface area (Å²) in [6, 6.07) is 7.63. The van der Waals surface area contributed by atoms with E-state index in [4.69, 9.17) is 5.11 Å². The monoisotopic (exact) mass is 285 g/mol. The van der Waals surface area contributed by atoms with Crippen molar-refractivity contribution in [1.82, 2.24) is 4.90 Å². The number of aliphatic hydroxyl groups excluding tert-OH is 1. The van der Waals surface area contributed by atoms with Crippen molar-refractivity contribution in [2.24, 2.45) is 11.8 Å². The Morgan fingerprint density at radius 2 is 1.71 bits per heavy atom. The van der Waals surface area contributed by atoms with Gasteiger partial charge in [-0.15, -0.1) is 0 Å². The van der Waals surface area contributed by atoms with Gasteiger partial charge in [0.2, 0.25) is 11.8 Å². The van der Waals surface area contributed by atoms with Crippen LogP contribution in [0, 0.1) is 11.8 Å². The maximum absolute atomic E-state index is 12.5. The molecule has 1 saturated carbocycles. The number of rotatable bonds is 2. The smallest absolute Gasteiger partial charge is 0.234 e. The van der Waals surface area contributed by atoms with E-state index in [1.807, 2.05) is 24.3 Å². The maximum atomic E-state index is 12.5. The predicted molar refractivity (Wildman–Crippen MR) is 72.3 cm³/mol. The Bertz CT molecular complexity index is 668. The maximum Gasteiger partial charge on any atom is 0.234 e. The van der Waals surface area contributed by atoms with Crippen molar-refractivity contribution in [1.29, 1.82) is 0 Å². The van der Waals surface area contributed by atoms with Gasteiger partial charge in [-0.05, 0) is 11.1 Å². The zero-order valence-corrected chi connectivity index (χ0v) is 11.4. The number of carbonyl (C=O) groups is 3. The van der Waals surface area contributed by atoms with Crippen LogP contribution < -0.4 is 0 Å². The van der Waals surface area contributed by atoms with E-state index in [0.717, 1.165) is 16.0 Å². The van der Waals surface area contributed by atoms with Gasteiger partial charge in [0, 0.05) is 12.3 Å². The van der Waals surface area contributed by atoms with E-state index in [-0.39, 0.29) is 36.7 Å². The molecular weight excluding hydrogens is 270 g/mol. The van der Waals surface area contributed by atoms with Gasteiger partial charge in [0.1, 0.15) is 5.78 Å². The molecule has 2 fully saturated rings. The van der Waals surface area contributed by atoms with Gasteiger partial charge in [-0.2, -0.15) is 0 Å². The van der Waals surface area contributed by atoms with Crippen LogP contribution in [0.2, 0.25) is 0 Å². The number of ketones is 1. The molecule has 0 aromatic heterocycles. The number of imide groups is 1. The summed E-state index contributed by atoms with van der Waals surface area (Å²) in [6.45, 7) is -0.220. The van der Waals surface area contributed by atoms with Crippen molar-refractivity contribution >= 4 is 17.6 Å². The van der Waals surface area contributed by atoms with Crippen molar-refractivity contribution in [3.8, 4) is 0 Å². The number of β-amino-alcohol motifs (C(OH)–C–C–N with tert-alkyl or cyclic N) is 1. The Morgan fingerprint density at radius 3 is 2.43 bits per heavy atom. The molecule has 5 rings (SSSR count). The first-order chi connectivity index (χ1) is 10.1. The van der Waals surface area contributed by atoms with Crippen molar-refractivity contribution in [3.05, 3.63) is 35.4 Å². The van der Waals surface area contributed by atoms with E-state index in [1.54, 1.807) is 0 Å². The Hall–Kier alpha value is -2.01. The fraction of sp³-hybridized carbons (Fsp3) is 0.438. The number of hydrogen-bond acceptors (Lipinski definition) is 4. The number of nitrogens with zero attached hydrogens (tertiary/aromatic N) is 1. The third-order valence-electron chi connectivity index (χ3n) is 5.10. The molecule has 0 unspecified atom stereocenters. The molecule has 3 aliphatic carbocycles. The van der Waals surface area contributed by atoms with Crippen LogP contribution in [0.3, 0.4) is 0 Å². The van der Waals surface area contributed by atoms with E-state index in [2.05, 4.69) is 0 Å². The highest BCUT2D eigenvalue weighted by molar-refractivity contribution is 6.11. The SMILES string of the molecule is O=C1C[C@@H]2c3ccccc3[C@@H]1[C@H]1C(=O)N(CCO)C(=O)[C@H]12. The lowest BCUT2D eigenvalue weighted by molar-refractivity contribution is -0.141. The topological polar surface area (TPSA) is 74.7 Å². The van der Waals surface area contributed by atoms with Crippen LogP contribution in [0.1, 0.15) is 29.4 Å². The van der Waals surface area contributed by atoms with Crippen LogP contribution in [0.5, 0.6) is 0 Å². The van der Waals surface area contributed by atoms with Gasteiger partial charge < -0.3 is 5.11 Å². The van der Waals surface area contributed by atoms with E-state index in [1.165, 1.54) is 0 Å².